The van der Waals surface area contributed by atoms with Gasteiger partial charge in [0.2, 0.25) is 18.0 Å². The molecule has 0 aliphatic carbocycles. The Morgan fingerprint density at radius 3 is 2.58 bits per heavy atom. The minimum atomic E-state index is 0.175. The summed E-state index contributed by atoms with van der Waals surface area (Å²) >= 11 is 0. The molecule has 212 valence electrons. The second-order valence-electron chi connectivity index (χ2n) is 10.2. The molecular weight excluding hydrogens is 544 g/mol. The second kappa shape index (κ2) is 11.3. The molecule has 1 fully saturated rings. The number of hydrogen-bond donors (Lipinski definition) is 2. The van der Waals surface area contributed by atoms with Gasteiger partial charge in [0.25, 0.3) is 0 Å². The van der Waals surface area contributed by atoms with Crippen LogP contribution >= 0.6 is 0 Å². The van der Waals surface area contributed by atoms with Crippen molar-refractivity contribution < 1.29 is 4.52 Å². The van der Waals surface area contributed by atoms with Crippen LogP contribution in [0, 0.1) is 11.3 Å². The van der Waals surface area contributed by atoms with Crippen LogP contribution in [0.4, 0.5) is 11.6 Å². The molecule has 6 aromatic rings. The van der Waals surface area contributed by atoms with Crippen LogP contribution in [0.1, 0.15) is 24.2 Å². The van der Waals surface area contributed by atoms with Gasteiger partial charge >= 0.3 is 0 Å². The van der Waals surface area contributed by atoms with Crippen molar-refractivity contribution in [3.8, 4) is 34.7 Å². The fourth-order valence-corrected chi connectivity index (χ4v) is 5.34. The van der Waals surface area contributed by atoms with Crippen LogP contribution in [0.25, 0.3) is 39.8 Å². The molecule has 7 rings (SSSR count). The number of pyridine rings is 2. The lowest BCUT2D eigenvalue weighted by Gasteiger charge is -2.32. The number of hydrogen-bond acceptors (Lipinski definition) is 12. The average Bonchev–Trinajstić information content (AvgIpc) is 3.71. The van der Waals surface area contributed by atoms with Gasteiger partial charge < -0.3 is 15.6 Å². The van der Waals surface area contributed by atoms with E-state index in [1.165, 1.54) is 12.0 Å². The molecular formula is C30H26N12O. The van der Waals surface area contributed by atoms with Crippen molar-refractivity contribution in [3.05, 3.63) is 84.8 Å². The molecule has 0 amide bonds. The lowest BCUT2D eigenvalue weighted by Crippen LogP contribution is -2.38. The summed E-state index contributed by atoms with van der Waals surface area (Å²) in [4.78, 5) is 28.8. The van der Waals surface area contributed by atoms with Gasteiger partial charge in [-0.25, -0.2) is 24.9 Å². The molecule has 1 saturated heterocycles. The number of nitrogens with two attached hydrogens (primary N) is 1. The van der Waals surface area contributed by atoms with Gasteiger partial charge in [-0.05, 0) is 60.9 Å². The summed E-state index contributed by atoms with van der Waals surface area (Å²) in [6.45, 7) is 2.75. The Morgan fingerprint density at radius 2 is 1.81 bits per heavy atom. The minimum Gasteiger partial charge on any atom is -0.383 e. The minimum absolute atomic E-state index is 0.175. The maximum absolute atomic E-state index is 9.05. The molecule has 0 saturated carbocycles. The predicted molar refractivity (Wildman–Crippen MR) is 158 cm³/mol. The molecule has 0 spiro atoms. The molecule has 43 heavy (non-hydrogen) atoms. The van der Waals surface area contributed by atoms with Gasteiger partial charge in [-0.2, -0.15) is 10.2 Å². The summed E-state index contributed by atoms with van der Waals surface area (Å²) < 4.78 is 6.92. The van der Waals surface area contributed by atoms with E-state index in [9.17, 15) is 0 Å². The number of imidazole rings is 1. The summed E-state index contributed by atoms with van der Waals surface area (Å²) in [5.74, 6) is 2.30. The van der Waals surface area contributed by atoms with Crippen LogP contribution in [0.3, 0.4) is 0 Å². The van der Waals surface area contributed by atoms with E-state index in [1.54, 1.807) is 18.5 Å². The van der Waals surface area contributed by atoms with Crippen LogP contribution in [-0.2, 0) is 6.54 Å². The Labute approximate surface area is 246 Å². The van der Waals surface area contributed by atoms with Gasteiger partial charge in [-0.3, -0.25) is 9.47 Å². The summed E-state index contributed by atoms with van der Waals surface area (Å²) in [5, 5.41) is 16.4. The zero-order chi connectivity index (χ0) is 29.2. The van der Waals surface area contributed by atoms with E-state index in [0.29, 0.717) is 51.7 Å². The molecule has 1 aliphatic rings. The van der Waals surface area contributed by atoms with Crippen LogP contribution in [0.2, 0.25) is 0 Å². The van der Waals surface area contributed by atoms with Gasteiger partial charge in [-0.1, -0.05) is 17.3 Å². The Hall–Kier alpha value is -5.74. The lowest BCUT2D eigenvalue weighted by atomic mass is 10.0. The molecule has 6 heterocycles. The zero-order valence-corrected chi connectivity index (χ0v) is 23.0. The van der Waals surface area contributed by atoms with Crippen molar-refractivity contribution in [1.29, 1.82) is 5.26 Å². The van der Waals surface area contributed by atoms with Gasteiger partial charge in [0.15, 0.2) is 11.5 Å². The third-order valence-electron chi connectivity index (χ3n) is 7.47. The number of piperidine rings is 1. The maximum atomic E-state index is 9.05. The van der Waals surface area contributed by atoms with E-state index in [4.69, 9.17) is 25.5 Å². The zero-order valence-electron chi connectivity index (χ0n) is 23.0. The number of aromatic nitrogens is 8. The monoisotopic (exact) mass is 570 g/mol. The fraction of sp³-hybridized carbons (Fsp3) is 0.200. The van der Waals surface area contributed by atoms with Crippen molar-refractivity contribution in [1.82, 2.24) is 44.5 Å². The second-order valence-corrected chi connectivity index (χ2v) is 10.2. The van der Waals surface area contributed by atoms with Crippen LogP contribution in [-0.4, -0.2) is 63.7 Å². The molecule has 0 bridgehead atoms. The lowest BCUT2D eigenvalue weighted by molar-refractivity contribution is 0.211. The number of nitrogens with one attached hydrogen (secondary N) is 1. The highest BCUT2D eigenvalue weighted by Gasteiger charge is 2.21. The standard InChI is InChI=1S/C30H26N12O/c31-16-26-33-13-9-25(39-26)36-20-10-14-41(15-11-20)17-19-3-5-21(6-4-19)42-29(22-2-1-12-34-27(22)32)38-24-8-7-23(37-30(24)42)28-35-18-43-40-28/h1-9,12-13,18,20H,10-11,14-15,17H2,(H2,32,34)(H,33,36,39). The maximum Gasteiger partial charge on any atom is 0.234 e. The highest BCUT2D eigenvalue weighted by atomic mass is 16.5. The first-order valence-electron chi connectivity index (χ1n) is 13.8. The first-order valence-corrected chi connectivity index (χ1v) is 13.8. The number of rotatable bonds is 7. The Balaban J connectivity index is 1.12. The van der Waals surface area contributed by atoms with Crippen LogP contribution < -0.4 is 11.1 Å². The summed E-state index contributed by atoms with van der Waals surface area (Å²) in [5.41, 5.74) is 11.0. The Kier molecular flexibility index (Phi) is 6.86. The number of likely N-dealkylation sites (tertiary alicyclic amines) is 1. The number of benzene rings is 1. The molecule has 0 radical (unpaired) electrons. The molecule has 0 unspecified atom stereocenters. The quantitative estimate of drug-likeness (QED) is 0.284. The summed E-state index contributed by atoms with van der Waals surface area (Å²) in [6.07, 6.45) is 6.51. The van der Waals surface area contributed by atoms with Gasteiger partial charge in [0.1, 0.15) is 28.9 Å². The molecule has 13 heteroatoms. The van der Waals surface area contributed by atoms with Crippen LogP contribution in [0.5, 0.6) is 0 Å². The van der Waals surface area contributed by atoms with Crippen molar-refractivity contribution in [2.24, 2.45) is 0 Å². The number of nitriles is 1. The third kappa shape index (κ3) is 5.34. The first kappa shape index (κ1) is 26.2. The largest absolute Gasteiger partial charge is 0.383 e. The van der Waals surface area contributed by atoms with Gasteiger partial charge in [0.05, 0.1) is 5.56 Å². The normalized spacial score (nSPS) is 14.1. The summed E-state index contributed by atoms with van der Waals surface area (Å²) in [6, 6.07) is 20.0. The average molecular weight is 571 g/mol. The molecule has 3 N–H and O–H groups in total. The molecule has 5 aromatic heterocycles. The molecule has 13 nitrogen and oxygen atoms in total. The van der Waals surface area contributed by atoms with E-state index in [0.717, 1.165) is 38.2 Å². The Morgan fingerprint density at radius 1 is 0.953 bits per heavy atom. The number of nitrogens with zero attached hydrogens (tertiary/aromatic N) is 10. The number of nitrogen functional groups attached to an aromatic ring is 1. The third-order valence-corrected chi connectivity index (χ3v) is 7.47. The Bertz CT molecular complexity index is 1920. The fourth-order valence-electron chi connectivity index (χ4n) is 5.34. The van der Waals surface area contributed by atoms with Gasteiger partial charge in [0, 0.05) is 43.8 Å². The molecule has 1 aromatic carbocycles. The van der Waals surface area contributed by atoms with Gasteiger partial charge in [-0.15, -0.1) is 0 Å². The molecule has 0 atom stereocenters. The summed E-state index contributed by atoms with van der Waals surface area (Å²) in [7, 11) is 0. The van der Waals surface area contributed by atoms with E-state index in [-0.39, 0.29) is 5.82 Å². The van der Waals surface area contributed by atoms with Crippen molar-refractivity contribution in [3.63, 3.8) is 0 Å². The van der Waals surface area contributed by atoms with Crippen molar-refractivity contribution in [2.75, 3.05) is 24.1 Å². The van der Waals surface area contributed by atoms with E-state index in [2.05, 4.69) is 59.6 Å². The first-order chi connectivity index (χ1) is 21.1. The topological polar surface area (TPSA) is 173 Å². The van der Waals surface area contributed by atoms with Crippen molar-refractivity contribution in [2.45, 2.75) is 25.4 Å². The van der Waals surface area contributed by atoms with E-state index >= 15 is 0 Å². The predicted octanol–water partition coefficient (Wildman–Crippen LogP) is 3.85. The van der Waals surface area contributed by atoms with E-state index < -0.39 is 0 Å². The molecule has 1 aliphatic heterocycles. The SMILES string of the molecule is N#Cc1nccc(NC2CCN(Cc3ccc(-n4c(-c5cccnc5N)nc5ccc(-c6ncon6)nc54)cc3)CC2)n1. The highest BCUT2D eigenvalue weighted by Crippen LogP contribution is 2.31. The smallest absolute Gasteiger partial charge is 0.234 e. The van der Waals surface area contributed by atoms with Crippen LogP contribution in [0.15, 0.2) is 77.9 Å². The number of anilines is 2. The highest BCUT2D eigenvalue weighted by molar-refractivity contribution is 5.84. The van der Waals surface area contributed by atoms with E-state index in [1.807, 2.05) is 34.9 Å². The van der Waals surface area contributed by atoms with Crippen molar-refractivity contribution >= 4 is 22.8 Å². The number of fused-ring (bicyclic) bond motifs is 1.